The third-order valence-corrected chi connectivity index (χ3v) is 6.87. The van der Waals surface area contributed by atoms with Gasteiger partial charge in [0.15, 0.2) is 5.65 Å². The van der Waals surface area contributed by atoms with E-state index in [1.54, 1.807) is 0 Å². The Balaban J connectivity index is 1.24. The molecule has 0 unspecified atom stereocenters. The van der Waals surface area contributed by atoms with E-state index in [0.29, 0.717) is 5.92 Å². The van der Waals surface area contributed by atoms with E-state index in [-0.39, 0.29) is 0 Å². The largest absolute Gasteiger partial charge is 0.299 e. The summed E-state index contributed by atoms with van der Waals surface area (Å²) in [6.07, 6.45) is 7.26. The van der Waals surface area contributed by atoms with Crippen LogP contribution in [0.25, 0.3) is 5.65 Å². The molecule has 0 spiro atoms. The monoisotopic (exact) mass is 381 g/mol. The molecule has 0 aliphatic carbocycles. The van der Waals surface area contributed by atoms with E-state index in [0.717, 1.165) is 31.1 Å². The maximum absolute atomic E-state index is 4.51. The summed E-state index contributed by atoms with van der Waals surface area (Å²) in [5.41, 5.74) is 2.45. The SMILES string of the molecule is c1ccn2c([C@@H]3CCCN(Cc4cc(CN5CCCC5)cs4)C3)nnc2c1. The average Bonchev–Trinajstić information content (AvgIpc) is 3.44. The second-order valence-corrected chi connectivity index (χ2v) is 8.96. The minimum Gasteiger partial charge on any atom is -0.299 e. The van der Waals surface area contributed by atoms with Gasteiger partial charge in [0.05, 0.1) is 0 Å². The van der Waals surface area contributed by atoms with Crippen LogP contribution in [0.5, 0.6) is 0 Å². The van der Waals surface area contributed by atoms with Gasteiger partial charge in [-0.15, -0.1) is 21.5 Å². The molecule has 0 aromatic carbocycles. The van der Waals surface area contributed by atoms with Crippen LogP contribution >= 0.6 is 11.3 Å². The lowest BCUT2D eigenvalue weighted by atomic mass is 9.97. The van der Waals surface area contributed by atoms with Crippen LogP contribution < -0.4 is 0 Å². The third kappa shape index (κ3) is 3.79. The first kappa shape index (κ1) is 17.3. The Morgan fingerprint density at radius 2 is 1.89 bits per heavy atom. The molecule has 5 heterocycles. The first-order valence-corrected chi connectivity index (χ1v) is 11.0. The number of piperidine rings is 1. The van der Waals surface area contributed by atoms with Crippen LogP contribution in [0.3, 0.4) is 0 Å². The predicted molar refractivity (Wildman–Crippen MR) is 109 cm³/mol. The highest BCUT2D eigenvalue weighted by atomic mass is 32.1. The minimum absolute atomic E-state index is 0.472. The van der Waals surface area contributed by atoms with Crippen molar-refractivity contribution in [3.05, 3.63) is 52.1 Å². The molecule has 5 nitrogen and oxygen atoms in total. The molecule has 5 rings (SSSR count). The summed E-state index contributed by atoms with van der Waals surface area (Å²) in [6.45, 7) is 7.00. The topological polar surface area (TPSA) is 36.7 Å². The van der Waals surface area contributed by atoms with Crippen molar-refractivity contribution >= 4 is 17.0 Å². The molecule has 2 aliphatic rings. The first-order chi connectivity index (χ1) is 13.3. The lowest BCUT2D eigenvalue weighted by Gasteiger charge is -2.31. The van der Waals surface area contributed by atoms with Gasteiger partial charge < -0.3 is 0 Å². The summed E-state index contributed by atoms with van der Waals surface area (Å²) in [7, 11) is 0. The van der Waals surface area contributed by atoms with Gasteiger partial charge in [-0.1, -0.05) is 6.07 Å². The molecular formula is C21H27N5S. The van der Waals surface area contributed by atoms with Crippen LogP contribution in [0.15, 0.2) is 35.8 Å². The summed E-state index contributed by atoms with van der Waals surface area (Å²) >= 11 is 1.93. The Bertz CT molecular complexity index is 895. The number of thiophene rings is 1. The first-order valence-electron chi connectivity index (χ1n) is 10.2. The van der Waals surface area contributed by atoms with E-state index < -0.39 is 0 Å². The molecule has 2 aliphatic heterocycles. The normalized spacial score (nSPS) is 22.0. The molecule has 0 bridgehead atoms. The zero-order valence-electron chi connectivity index (χ0n) is 15.8. The van der Waals surface area contributed by atoms with Crippen LogP contribution in [0.2, 0.25) is 0 Å². The standard InChI is InChI=1S/C21H27N5S/c1-2-11-26-20(7-1)22-23-21(26)18-6-5-10-25(14-18)15-19-12-17(16-27-19)13-24-8-3-4-9-24/h1-2,7,11-12,16,18H,3-6,8-10,13-15H2/t18-/m1/s1. The summed E-state index contributed by atoms with van der Waals surface area (Å²) in [4.78, 5) is 6.68. The van der Waals surface area contributed by atoms with E-state index >= 15 is 0 Å². The van der Waals surface area contributed by atoms with Crippen molar-refractivity contribution < 1.29 is 0 Å². The Morgan fingerprint density at radius 1 is 1.00 bits per heavy atom. The second kappa shape index (κ2) is 7.70. The second-order valence-electron chi connectivity index (χ2n) is 7.97. The van der Waals surface area contributed by atoms with Gasteiger partial charge in [0.25, 0.3) is 0 Å². The van der Waals surface area contributed by atoms with Gasteiger partial charge in [-0.3, -0.25) is 14.2 Å². The van der Waals surface area contributed by atoms with Crippen molar-refractivity contribution in [1.29, 1.82) is 0 Å². The highest BCUT2D eigenvalue weighted by Gasteiger charge is 2.25. The molecule has 3 aromatic heterocycles. The number of pyridine rings is 1. The summed E-state index contributed by atoms with van der Waals surface area (Å²) in [5.74, 6) is 1.59. The van der Waals surface area contributed by atoms with Crippen molar-refractivity contribution in [2.45, 2.75) is 44.7 Å². The molecule has 1 atom stereocenters. The smallest absolute Gasteiger partial charge is 0.160 e. The highest BCUT2D eigenvalue weighted by molar-refractivity contribution is 7.10. The molecule has 3 aromatic rings. The van der Waals surface area contributed by atoms with E-state index in [9.17, 15) is 0 Å². The van der Waals surface area contributed by atoms with E-state index in [4.69, 9.17) is 0 Å². The van der Waals surface area contributed by atoms with E-state index in [2.05, 4.69) is 48.1 Å². The molecule has 142 valence electrons. The maximum Gasteiger partial charge on any atom is 0.160 e. The fourth-order valence-corrected chi connectivity index (χ4v) is 5.48. The van der Waals surface area contributed by atoms with Gasteiger partial charge in [0.2, 0.25) is 0 Å². The van der Waals surface area contributed by atoms with Crippen molar-refractivity contribution in [2.75, 3.05) is 26.2 Å². The van der Waals surface area contributed by atoms with Crippen molar-refractivity contribution in [3.63, 3.8) is 0 Å². The van der Waals surface area contributed by atoms with Crippen molar-refractivity contribution in [3.8, 4) is 0 Å². The van der Waals surface area contributed by atoms with Crippen LogP contribution in [0.4, 0.5) is 0 Å². The third-order valence-electron chi connectivity index (χ3n) is 5.90. The van der Waals surface area contributed by atoms with Gasteiger partial charge in [-0.05, 0) is 74.5 Å². The van der Waals surface area contributed by atoms with Gasteiger partial charge in [0.1, 0.15) is 5.82 Å². The molecular weight excluding hydrogens is 354 g/mol. The summed E-state index contributed by atoms with van der Waals surface area (Å²) in [6, 6.07) is 8.55. The zero-order chi connectivity index (χ0) is 18.1. The lowest BCUT2D eigenvalue weighted by Crippen LogP contribution is -2.34. The van der Waals surface area contributed by atoms with E-state index in [1.807, 2.05) is 23.5 Å². The Hall–Kier alpha value is -1.76. The summed E-state index contributed by atoms with van der Waals surface area (Å²) in [5, 5.41) is 11.2. The minimum atomic E-state index is 0.472. The lowest BCUT2D eigenvalue weighted by molar-refractivity contribution is 0.197. The predicted octanol–water partition coefficient (Wildman–Crippen LogP) is 3.77. The molecule has 0 amide bonds. The quantitative estimate of drug-likeness (QED) is 0.674. The molecule has 0 saturated carbocycles. The molecule has 2 saturated heterocycles. The van der Waals surface area contributed by atoms with Gasteiger partial charge in [0, 0.05) is 36.6 Å². The van der Waals surface area contributed by atoms with E-state index in [1.165, 1.54) is 55.8 Å². The zero-order valence-corrected chi connectivity index (χ0v) is 16.6. The Labute approximate surface area is 164 Å². The number of nitrogens with zero attached hydrogens (tertiary/aromatic N) is 5. The van der Waals surface area contributed by atoms with Crippen molar-refractivity contribution in [2.24, 2.45) is 0 Å². The highest BCUT2D eigenvalue weighted by Crippen LogP contribution is 2.28. The number of likely N-dealkylation sites (tertiary alicyclic amines) is 2. The molecule has 2 fully saturated rings. The number of hydrogen-bond acceptors (Lipinski definition) is 5. The fourth-order valence-electron chi connectivity index (χ4n) is 4.56. The average molecular weight is 382 g/mol. The molecule has 0 N–H and O–H groups in total. The molecule has 6 heteroatoms. The van der Waals surface area contributed by atoms with Crippen LogP contribution in [-0.2, 0) is 13.1 Å². The van der Waals surface area contributed by atoms with Gasteiger partial charge >= 0.3 is 0 Å². The number of hydrogen-bond donors (Lipinski definition) is 0. The maximum atomic E-state index is 4.51. The van der Waals surface area contributed by atoms with Gasteiger partial charge in [-0.25, -0.2) is 0 Å². The summed E-state index contributed by atoms with van der Waals surface area (Å²) < 4.78 is 2.16. The molecule has 0 radical (unpaired) electrons. The fraction of sp³-hybridized carbons (Fsp3) is 0.524. The van der Waals surface area contributed by atoms with Crippen LogP contribution in [-0.4, -0.2) is 50.6 Å². The Morgan fingerprint density at radius 3 is 2.81 bits per heavy atom. The van der Waals surface area contributed by atoms with Crippen LogP contribution in [0, 0.1) is 0 Å². The molecule has 27 heavy (non-hydrogen) atoms. The Kier molecular flexibility index (Phi) is 4.95. The van der Waals surface area contributed by atoms with Crippen LogP contribution in [0.1, 0.15) is 47.9 Å². The number of aromatic nitrogens is 3. The number of fused-ring (bicyclic) bond motifs is 1. The van der Waals surface area contributed by atoms with Crippen molar-refractivity contribution in [1.82, 2.24) is 24.4 Å². The number of rotatable bonds is 5. The van der Waals surface area contributed by atoms with Gasteiger partial charge in [-0.2, -0.15) is 0 Å².